The molecule has 0 amide bonds. The average molecular weight is 253 g/mol. The zero-order chi connectivity index (χ0) is 13.0. The van der Waals surface area contributed by atoms with Crippen LogP contribution in [0.3, 0.4) is 0 Å². The van der Waals surface area contributed by atoms with Crippen molar-refractivity contribution in [2.45, 2.75) is 50.2 Å². The second-order valence-electron chi connectivity index (χ2n) is 5.14. The number of methoxy groups -OCH3 is 1. The van der Waals surface area contributed by atoms with E-state index in [-0.39, 0.29) is 11.6 Å². The molecule has 1 aliphatic carbocycles. The highest BCUT2D eigenvalue weighted by Gasteiger charge is 2.39. The maximum Gasteiger partial charge on any atom is 0.0848 e. The summed E-state index contributed by atoms with van der Waals surface area (Å²) in [6.07, 6.45) is 8.47. The van der Waals surface area contributed by atoms with Gasteiger partial charge in [-0.05, 0) is 12.8 Å². The monoisotopic (exact) mass is 253 g/mol. The third kappa shape index (κ3) is 2.71. The van der Waals surface area contributed by atoms with E-state index in [1.54, 1.807) is 11.8 Å². The van der Waals surface area contributed by atoms with Gasteiger partial charge in [-0.3, -0.25) is 16.0 Å². The molecule has 18 heavy (non-hydrogen) atoms. The SMILES string of the molecule is COC1(C(Cc2cn(C)nn2)NN)CCCCC1. The first kappa shape index (κ1) is 13.5. The van der Waals surface area contributed by atoms with Gasteiger partial charge in [0.1, 0.15) is 0 Å². The van der Waals surface area contributed by atoms with Crippen LogP contribution in [0.1, 0.15) is 37.8 Å². The molecular weight excluding hydrogens is 230 g/mol. The Hall–Kier alpha value is -0.980. The predicted octanol–water partition coefficient (Wildman–Crippen LogP) is 0.539. The van der Waals surface area contributed by atoms with E-state index >= 15 is 0 Å². The van der Waals surface area contributed by atoms with Gasteiger partial charge in [-0.1, -0.05) is 24.5 Å². The van der Waals surface area contributed by atoms with Gasteiger partial charge in [0.25, 0.3) is 0 Å². The lowest BCUT2D eigenvalue weighted by molar-refractivity contribution is -0.0675. The molecule has 6 nitrogen and oxygen atoms in total. The zero-order valence-corrected chi connectivity index (χ0v) is 11.2. The third-order valence-corrected chi connectivity index (χ3v) is 4.01. The summed E-state index contributed by atoms with van der Waals surface area (Å²) < 4.78 is 7.52. The quantitative estimate of drug-likeness (QED) is 0.591. The lowest BCUT2D eigenvalue weighted by Gasteiger charge is -2.42. The number of hydrogen-bond acceptors (Lipinski definition) is 5. The fourth-order valence-electron chi connectivity index (χ4n) is 2.94. The molecule has 0 aromatic carbocycles. The number of ether oxygens (including phenoxy) is 1. The number of nitrogens with one attached hydrogen (secondary N) is 1. The average Bonchev–Trinajstić information content (AvgIpc) is 2.82. The molecule has 1 unspecified atom stereocenters. The van der Waals surface area contributed by atoms with Crippen molar-refractivity contribution >= 4 is 0 Å². The highest BCUT2D eigenvalue weighted by atomic mass is 16.5. The van der Waals surface area contributed by atoms with Gasteiger partial charge in [-0.15, -0.1) is 5.10 Å². The first-order chi connectivity index (χ1) is 8.70. The number of hydrazine groups is 1. The van der Waals surface area contributed by atoms with Crippen LogP contribution < -0.4 is 11.3 Å². The van der Waals surface area contributed by atoms with E-state index in [0.717, 1.165) is 25.0 Å². The Kier molecular flexibility index (Phi) is 4.31. The first-order valence-corrected chi connectivity index (χ1v) is 6.57. The Labute approximate surface area is 108 Å². The van der Waals surface area contributed by atoms with E-state index in [1.165, 1.54) is 19.3 Å². The summed E-state index contributed by atoms with van der Waals surface area (Å²) >= 11 is 0. The topological polar surface area (TPSA) is 78.0 Å². The second-order valence-corrected chi connectivity index (χ2v) is 5.14. The van der Waals surface area contributed by atoms with Crippen molar-refractivity contribution < 1.29 is 4.74 Å². The number of aromatic nitrogens is 3. The van der Waals surface area contributed by atoms with Gasteiger partial charge in [-0.2, -0.15) is 0 Å². The third-order valence-electron chi connectivity index (χ3n) is 4.01. The van der Waals surface area contributed by atoms with Gasteiger partial charge < -0.3 is 4.74 Å². The van der Waals surface area contributed by atoms with E-state index in [0.29, 0.717) is 0 Å². The second kappa shape index (κ2) is 5.77. The number of hydrogen-bond donors (Lipinski definition) is 2. The molecule has 0 saturated heterocycles. The lowest BCUT2D eigenvalue weighted by Crippen LogP contribution is -2.56. The van der Waals surface area contributed by atoms with Crippen molar-refractivity contribution in [3.8, 4) is 0 Å². The van der Waals surface area contributed by atoms with E-state index in [9.17, 15) is 0 Å². The summed E-state index contributed by atoms with van der Waals surface area (Å²) in [5.41, 5.74) is 3.70. The summed E-state index contributed by atoms with van der Waals surface area (Å²) in [5.74, 6) is 5.73. The Bertz CT molecular complexity index is 372. The van der Waals surface area contributed by atoms with Crippen molar-refractivity contribution in [1.82, 2.24) is 20.4 Å². The molecule has 1 aromatic heterocycles. The van der Waals surface area contributed by atoms with Gasteiger partial charge >= 0.3 is 0 Å². The van der Waals surface area contributed by atoms with E-state index in [2.05, 4.69) is 15.7 Å². The molecule has 1 aliphatic rings. The molecule has 3 N–H and O–H groups in total. The Balaban J connectivity index is 2.10. The van der Waals surface area contributed by atoms with E-state index < -0.39 is 0 Å². The molecule has 6 heteroatoms. The molecule has 0 radical (unpaired) electrons. The van der Waals surface area contributed by atoms with Crippen LogP contribution in [-0.4, -0.2) is 33.7 Å². The number of aryl methyl sites for hydroxylation is 1. The highest BCUT2D eigenvalue weighted by molar-refractivity contribution is 5.03. The minimum absolute atomic E-state index is 0.0829. The molecule has 0 spiro atoms. The fraction of sp³-hybridized carbons (Fsp3) is 0.833. The molecule has 1 aromatic rings. The zero-order valence-electron chi connectivity index (χ0n) is 11.2. The molecule has 102 valence electrons. The molecule has 0 aliphatic heterocycles. The van der Waals surface area contributed by atoms with Crippen molar-refractivity contribution in [3.63, 3.8) is 0 Å². The minimum atomic E-state index is -0.162. The Morgan fingerprint density at radius 2 is 2.22 bits per heavy atom. The van der Waals surface area contributed by atoms with Crippen molar-refractivity contribution in [3.05, 3.63) is 11.9 Å². The molecule has 2 rings (SSSR count). The number of nitrogens with zero attached hydrogens (tertiary/aromatic N) is 3. The van der Waals surface area contributed by atoms with Crippen LogP contribution in [0.15, 0.2) is 6.20 Å². The summed E-state index contributed by atoms with van der Waals surface area (Å²) in [4.78, 5) is 0. The molecular formula is C12H23N5O. The van der Waals surface area contributed by atoms with Gasteiger partial charge in [0.2, 0.25) is 0 Å². The Morgan fingerprint density at radius 3 is 2.72 bits per heavy atom. The van der Waals surface area contributed by atoms with Gasteiger partial charge in [0.15, 0.2) is 0 Å². The summed E-state index contributed by atoms with van der Waals surface area (Å²) in [6, 6.07) is 0.0829. The molecule has 1 saturated carbocycles. The molecule has 1 fully saturated rings. The van der Waals surface area contributed by atoms with Gasteiger partial charge in [-0.25, -0.2) is 0 Å². The molecule has 0 bridgehead atoms. The van der Waals surface area contributed by atoms with Gasteiger partial charge in [0.05, 0.1) is 17.3 Å². The summed E-state index contributed by atoms with van der Waals surface area (Å²) in [6.45, 7) is 0. The predicted molar refractivity (Wildman–Crippen MR) is 68.6 cm³/mol. The van der Waals surface area contributed by atoms with Crippen molar-refractivity contribution in [2.24, 2.45) is 12.9 Å². The Morgan fingerprint density at radius 1 is 1.50 bits per heavy atom. The van der Waals surface area contributed by atoms with E-state index in [4.69, 9.17) is 10.6 Å². The van der Waals surface area contributed by atoms with Crippen LogP contribution in [0.2, 0.25) is 0 Å². The summed E-state index contributed by atoms with van der Waals surface area (Å²) in [7, 11) is 3.65. The van der Waals surface area contributed by atoms with E-state index in [1.807, 2.05) is 13.2 Å². The lowest BCUT2D eigenvalue weighted by atomic mass is 9.78. The van der Waals surface area contributed by atoms with Crippen LogP contribution in [-0.2, 0) is 18.2 Å². The van der Waals surface area contributed by atoms with Crippen molar-refractivity contribution in [2.75, 3.05) is 7.11 Å². The number of nitrogens with two attached hydrogens (primary N) is 1. The van der Waals surface area contributed by atoms with Crippen molar-refractivity contribution in [1.29, 1.82) is 0 Å². The maximum atomic E-state index is 5.81. The van der Waals surface area contributed by atoms with Crippen LogP contribution in [0.25, 0.3) is 0 Å². The van der Waals surface area contributed by atoms with Crippen LogP contribution in [0.4, 0.5) is 0 Å². The standard InChI is InChI=1S/C12H23N5O/c1-17-9-10(15-16-17)8-11(14-13)12(18-2)6-4-3-5-7-12/h9,11,14H,3-8,13H2,1-2H3. The highest BCUT2D eigenvalue weighted by Crippen LogP contribution is 2.34. The van der Waals surface area contributed by atoms with Gasteiger partial charge in [0, 0.05) is 26.8 Å². The number of rotatable bonds is 5. The van der Waals surface area contributed by atoms with Crippen LogP contribution in [0, 0.1) is 0 Å². The largest absolute Gasteiger partial charge is 0.377 e. The maximum absolute atomic E-state index is 5.81. The minimum Gasteiger partial charge on any atom is -0.377 e. The fourth-order valence-corrected chi connectivity index (χ4v) is 2.94. The summed E-state index contributed by atoms with van der Waals surface area (Å²) in [5, 5.41) is 8.08. The molecule has 1 heterocycles. The van der Waals surface area contributed by atoms with Crippen LogP contribution >= 0.6 is 0 Å². The normalized spacial score (nSPS) is 20.8. The molecule has 1 atom stereocenters. The van der Waals surface area contributed by atoms with Crippen LogP contribution in [0.5, 0.6) is 0 Å². The smallest absolute Gasteiger partial charge is 0.0848 e. The first-order valence-electron chi connectivity index (χ1n) is 6.57.